The molecule has 0 spiro atoms. The Labute approximate surface area is 73.6 Å². The molecule has 0 heterocycles. The average molecular weight is 169 g/mol. The first-order valence-corrected chi connectivity index (χ1v) is 3.91. The standard InChI is InChI=1S/C9H15NO2/c1-4-5-9(6-10)12-8(2)7-11-3/h4-5,8-9H,7H2,1-3H3/b5-4+/t8?,9-/m1/s1. The fourth-order valence-corrected chi connectivity index (χ4v) is 0.818. The third kappa shape index (κ3) is 4.89. The van der Waals surface area contributed by atoms with E-state index in [0.29, 0.717) is 6.61 Å². The predicted molar refractivity (Wildman–Crippen MR) is 46.6 cm³/mol. The van der Waals surface area contributed by atoms with Crippen molar-refractivity contribution in [3.63, 3.8) is 0 Å². The van der Waals surface area contributed by atoms with Crippen molar-refractivity contribution < 1.29 is 9.47 Å². The topological polar surface area (TPSA) is 42.2 Å². The monoisotopic (exact) mass is 169 g/mol. The Kier molecular flexibility index (Phi) is 6.35. The van der Waals surface area contributed by atoms with Gasteiger partial charge in [0.2, 0.25) is 0 Å². The lowest BCUT2D eigenvalue weighted by Crippen LogP contribution is -2.20. The minimum atomic E-state index is -0.458. The molecular formula is C9H15NO2. The Balaban J connectivity index is 3.79. The zero-order valence-electron chi connectivity index (χ0n) is 7.78. The van der Waals surface area contributed by atoms with Crippen molar-refractivity contribution in [3.05, 3.63) is 12.2 Å². The number of methoxy groups -OCH3 is 1. The van der Waals surface area contributed by atoms with Gasteiger partial charge in [0.05, 0.1) is 18.8 Å². The van der Waals surface area contributed by atoms with Crippen LogP contribution in [0.5, 0.6) is 0 Å². The number of hydrogen-bond acceptors (Lipinski definition) is 3. The number of allylic oxidation sites excluding steroid dienone is 1. The highest BCUT2D eigenvalue weighted by atomic mass is 16.5. The summed E-state index contributed by atoms with van der Waals surface area (Å²) >= 11 is 0. The van der Waals surface area contributed by atoms with Crippen LogP contribution in [0.2, 0.25) is 0 Å². The van der Waals surface area contributed by atoms with Crippen LogP contribution in [-0.4, -0.2) is 25.9 Å². The van der Waals surface area contributed by atoms with E-state index >= 15 is 0 Å². The zero-order valence-corrected chi connectivity index (χ0v) is 7.78. The van der Waals surface area contributed by atoms with Gasteiger partial charge in [-0.15, -0.1) is 0 Å². The molecule has 12 heavy (non-hydrogen) atoms. The van der Waals surface area contributed by atoms with E-state index in [0.717, 1.165) is 0 Å². The molecule has 0 aliphatic heterocycles. The summed E-state index contributed by atoms with van der Waals surface area (Å²) in [5, 5.41) is 8.61. The predicted octanol–water partition coefficient (Wildman–Crippen LogP) is 1.51. The molecule has 0 aliphatic rings. The molecule has 0 aromatic rings. The molecule has 0 N–H and O–H groups in total. The Bertz CT molecular complexity index is 172. The van der Waals surface area contributed by atoms with Crippen LogP contribution >= 0.6 is 0 Å². The highest BCUT2D eigenvalue weighted by Crippen LogP contribution is 1.99. The molecule has 0 aromatic heterocycles. The van der Waals surface area contributed by atoms with Crippen LogP contribution in [0.25, 0.3) is 0 Å². The van der Waals surface area contributed by atoms with Gasteiger partial charge in [-0.3, -0.25) is 0 Å². The van der Waals surface area contributed by atoms with Gasteiger partial charge in [-0.1, -0.05) is 6.08 Å². The van der Waals surface area contributed by atoms with Gasteiger partial charge in [-0.05, 0) is 19.9 Å². The molecule has 1 unspecified atom stereocenters. The SMILES string of the molecule is C/C=C/[C@H](C#N)OC(C)COC. The molecule has 2 atom stereocenters. The van der Waals surface area contributed by atoms with E-state index in [1.54, 1.807) is 19.3 Å². The van der Waals surface area contributed by atoms with Crippen molar-refractivity contribution in [2.24, 2.45) is 0 Å². The van der Waals surface area contributed by atoms with Gasteiger partial charge in [0, 0.05) is 7.11 Å². The fraction of sp³-hybridized carbons (Fsp3) is 0.667. The summed E-state index contributed by atoms with van der Waals surface area (Å²) in [6.45, 7) is 4.24. The van der Waals surface area contributed by atoms with Crippen molar-refractivity contribution in [2.75, 3.05) is 13.7 Å². The van der Waals surface area contributed by atoms with E-state index in [4.69, 9.17) is 14.7 Å². The molecule has 0 saturated heterocycles. The molecule has 0 amide bonds. The van der Waals surface area contributed by atoms with Gasteiger partial charge in [-0.2, -0.15) is 5.26 Å². The van der Waals surface area contributed by atoms with Crippen LogP contribution in [-0.2, 0) is 9.47 Å². The molecule has 0 rings (SSSR count). The highest BCUT2D eigenvalue weighted by Gasteiger charge is 2.08. The number of nitrogens with zero attached hydrogens (tertiary/aromatic N) is 1. The second kappa shape index (κ2) is 6.84. The molecular weight excluding hydrogens is 154 g/mol. The summed E-state index contributed by atoms with van der Waals surface area (Å²) in [6, 6.07) is 2.03. The first kappa shape index (κ1) is 11.2. The maximum Gasteiger partial charge on any atom is 0.162 e. The highest BCUT2D eigenvalue weighted by molar-refractivity contribution is 5.01. The molecule has 0 bridgehead atoms. The second-order valence-corrected chi connectivity index (χ2v) is 2.48. The number of nitriles is 1. The van der Waals surface area contributed by atoms with Crippen LogP contribution in [0.15, 0.2) is 12.2 Å². The number of ether oxygens (including phenoxy) is 2. The molecule has 3 heteroatoms. The van der Waals surface area contributed by atoms with E-state index in [-0.39, 0.29) is 6.10 Å². The Morgan fingerprint density at radius 3 is 2.67 bits per heavy atom. The Morgan fingerprint density at radius 2 is 2.25 bits per heavy atom. The molecule has 68 valence electrons. The lowest BCUT2D eigenvalue weighted by molar-refractivity contribution is -0.000188. The van der Waals surface area contributed by atoms with E-state index in [9.17, 15) is 0 Å². The molecule has 0 fully saturated rings. The molecule has 0 saturated carbocycles. The minimum Gasteiger partial charge on any atom is -0.382 e. The Hall–Kier alpha value is -0.850. The van der Waals surface area contributed by atoms with Crippen molar-refractivity contribution >= 4 is 0 Å². The van der Waals surface area contributed by atoms with Gasteiger partial charge >= 0.3 is 0 Å². The average Bonchev–Trinajstić information content (AvgIpc) is 2.04. The first-order chi connectivity index (χ1) is 5.74. The third-order valence-electron chi connectivity index (χ3n) is 1.27. The largest absolute Gasteiger partial charge is 0.382 e. The van der Waals surface area contributed by atoms with Crippen molar-refractivity contribution in [3.8, 4) is 6.07 Å². The molecule has 0 radical (unpaired) electrons. The van der Waals surface area contributed by atoms with Crippen molar-refractivity contribution in [2.45, 2.75) is 26.1 Å². The lowest BCUT2D eigenvalue weighted by Gasteiger charge is -2.13. The van der Waals surface area contributed by atoms with Crippen LogP contribution in [0, 0.1) is 11.3 Å². The van der Waals surface area contributed by atoms with Gasteiger partial charge in [0.1, 0.15) is 0 Å². The zero-order chi connectivity index (χ0) is 9.40. The van der Waals surface area contributed by atoms with E-state index in [1.165, 1.54) is 0 Å². The van der Waals surface area contributed by atoms with Gasteiger partial charge in [0.25, 0.3) is 0 Å². The van der Waals surface area contributed by atoms with Gasteiger partial charge < -0.3 is 9.47 Å². The van der Waals surface area contributed by atoms with E-state index in [2.05, 4.69) is 0 Å². The summed E-state index contributed by atoms with van der Waals surface area (Å²) in [6.07, 6.45) is 3.01. The number of hydrogen-bond donors (Lipinski definition) is 0. The molecule has 0 aliphatic carbocycles. The quantitative estimate of drug-likeness (QED) is 0.586. The normalized spacial score (nSPS) is 15.8. The maximum absolute atomic E-state index is 8.61. The lowest BCUT2D eigenvalue weighted by atomic mass is 10.3. The molecule has 0 aromatic carbocycles. The van der Waals surface area contributed by atoms with Crippen LogP contribution < -0.4 is 0 Å². The summed E-state index contributed by atoms with van der Waals surface area (Å²) in [5.74, 6) is 0. The van der Waals surface area contributed by atoms with Crippen LogP contribution in [0.4, 0.5) is 0 Å². The Morgan fingerprint density at radius 1 is 1.58 bits per heavy atom. The van der Waals surface area contributed by atoms with Crippen LogP contribution in [0.3, 0.4) is 0 Å². The van der Waals surface area contributed by atoms with Crippen LogP contribution in [0.1, 0.15) is 13.8 Å². The second-order valence-electron chi connectivity index (χ2n) is 2.48. The summed E-state index contributed by atoms with van der Waals surface area (Å²) in [7, 11) is 1.61. The number of rotatable bonds is 5. The summed E-state index contributed by atoms with van der Waals surface area (Å²) in [4.78, 5) is 0. The minimum absolute atomic E-state index is 0.0455. The molecule has 3 nitrogen and oxygen atoms in total. The smallest absolute Gasteiger partial charge is 0.162 e. The summed E-state index contributed by atoms with van der Waals surface area (Å²) < 4.78 is 10.2. The van der Waals surface area contributed by atoms with E-state index < -0.39 is 6.10 Å². The van der Waals surface area contributed by atoms with E-state index in [1.807, 2.05) is 19.9 Å². The first-order valence-electron chi connectivity index (χ1n) is 3.91. The van der Waals surface area contributed by atoms with Gasteiger partial charge in [0.15, 0.2) is 6.10 Å². The summed E-state index contributed by atoms with van der Waals surface area (Å²) in [5.41, 5.74) is 0. The third-order valence-corrected chi connectivity index (χ3v) is 1.27. The maximum atomic E-state index is 8.61. The van der Waals surface area contributed by atoms with Crippen molar-refractivity contribution in [1.82, 2.24) is 0 Å². The van der Waals surface area contributed by atoms with Crippen molar-refractivity contribution in [1.29, 1.82) is 5.26 Å². The van der Waals surface area contributed by atoms with Gasteiger partial charge in [-0.25, -0.2) is 0 Å². The fourth-order valence-electron chi connectivity index (χ4n) is 0.818.